The van der Waals surface area contributed by atoms with Crippen molar-refractivity contribution in [1.82, 2.24) is 44.5 Å². The lowest BCUT2D eigenvalue weighted by molar-refractivity contribution is 0.0600. The monoisotopic (exact) mass is 1180 g/mol. The van der Waals surface area contributed by atoms with Gasteiger partial charge in [-0.3, -0.25) is 28.7 Å². The number of nitrogens with two attached hydrogens (primary N) is 2. The highest BCUT2D eigenvalue weighted by Crippen LogP contribution is 2.32. The molecule has 444 valence electrons. The molecule has 0 radical (unpaired) electrons. The summed E-state index contributed by atoms with van der Waals surface area (Å²) in [5.41, 5.74) is 20.8. The fourth-order valence-electron chi connectivity index (χ4n) is 10.3. The van der Waals surface area contributed by atoms with E-state index in [0.717, 1.165) is 11.1 Å². The van der Waals surface area contributed by atoms with Gasteiger partial charge < -0.3 is 36.6 Å². The number of aryl methyl sites for hydroxylation is 2. The molecule has 10 aromatic rings. The zero-order valence-electron chi connectivity index (χ0n) is 49.3. The van der Waals surface area contributed by atoms with Gasteiger partial charge in [0.1, 0.15) is 46.5 Å². The number of anilines is 6. The van der Waals surface area contributed by atoms with Gasteiger partial charge in [0.2, 0.25) is 11.9 Å². The number of fused-ring (bicyclic) bond motifs is 2. The lowest BCUT2D eigenvalue weighted by Gasteiger charge is -2.25. The van der Waals surface area contributed by atoms with Crippen molar-refractivity contribution in [2.75, 3.05) is 53.1 Å². The lowest BCUT2D eigenvalue weighted by Crippen LogP contribution is -2.30. The first-order valence-corrected chi connectivity index (χ1v) is 28.0. The highest BCUT2D eigenvalue weighted by Gasteiger charge is 2.27. The van der Waals surface area contributed by atoms with Crippen molar-refractivity contribution >= 4 is 68.6 Å². The number of hydrogen-bond acceptors (Lipinski definition) is 20. The number of nitrogens with zero attached hydrogens (tertiary/aromatic N) is 12. The minimum atomic E-state index is -0.593. The second-order valence-electron chi connectivity index (χ2n) is 20.5. The molecule has 0 spiro atoms. The predicted octanol–water partition coefficient (Wildman–Crippen LogP) is 9.18. The molecule has 0 aliphatic rings. The number of nitrogen functional groups attached to an aromatic ring is 2. The minimum Gasteiger partial charge on any atom is -0.465 e. The first kappa shape index (κ1) is 61.0. The molecule has 0 unspecified atom stereocenters. The highest BCUT2D eigenvalue weighted by molar-refractivity contribution is 5.94. The van der Waals surface area contributed by atoms with Crippen LogP contribution in [0.3, 0.4) is 0 Å². The number of amides is 1. The fourth-order valence-corrected chi connectivity index (χ4v) is 10.3. The molecule has 6 aromatic carbocycles. The second-order valence-corrected chi connectivity index (χ2v) is 20.5. The molecule has 88 heavy (non-hydrogen) atoms. The van der Waals surface area contributed by atoms with Gasteiger partial charge in [0, 0.05) is 32.7 Å². The maximum absolute atomic E-state index is 14.5. The molecule has 23 nitrogen and oxygen atoms in total. The maximum Gasteiger partial charge on any atom is 0.337 e. The molecule has 1 amide bonds. The van der Waals surface area contributed by atoms with Gasteiger partial charge in [-0.15, -0.1) is 0 Å². The Kier molecular flexibility index (Phi) is 18.7. The Morgan fingerprint density at radius 1 is 0.580 bits per heavy atom. The van der Waals surface area contributed by atoms with Crippen molar-refractivity contribution < 1.29 is 19.5 Å². The van der Waals surface area contributed by atoms with E-state index in [1.165, 1.54) is 7.11 Å². The predicted molar refractivity (Wildman–Crippen MR) is 337 cm³/mol. The van der Waals surface area contributed by atoms with E-state index in [2.05, 4.69) is 42.7 Å². The quantitative estimate of drug-likeness (QED) is 0.0265. The van der Waals surface area contributed by atoms with E-state index in [-0.39, 0.29) is 45.8 Å². The summed E-state index contributed by atoms with van der Waals surface area (Å²) in [7, 11) is 5.14. The smallest absolute Gasteiger partial charge is 0.337 e. The average Bonchev–Trinajstić information content (AvgIpc) is 1.06. The van der Waals surface area contributed by atoms with Crippen LogP contribution in [0.15, 0.2) is 155 Å². The van der Waals surface area contributed by atoms with E-state index in [1.807, 2.05) is 141 Å². The van der Waals surface area contributed by atoms with Crippen LogP contribution in [0.25, 0.3) is 33.2 Å². The second kappa shape index (κ2) is 27.0. The summed E-state index contributed by atoms with van der Waals surface area (Å²) in [6, 6.07) is 47.0. The van der Waals surface area contributed by atoms with E-state index in [9.17, 15) is 29.7 Å². The van der Waals surface area contributed by atoms with Crippen molar-refractivity contribution in [2.24, 2.45) is 0 Å². The molecule has 0 aliphatic heterocycles. The number of benzene rings is 6. The molecule has 8 N–H and O–H groups in total. The summed E-state index contributed by atoms with van der Waals surface area (Å²) in [6.45, 7) is 8.22. The normalized spacial score (nSPS) is 11.5. The van der Waals surface area contributed by atoms with E-state index < -0.39 is 24.0 Å². The number of hydroxylamine groups is 1. The van der Waals surface area contributed by atoms with Crippen LogP contribution >= 0.6 is 0 Å². The fraction of sp³-hybridized carbons (Fsp3) is 0.200. The van der Waals surface area contributed by atoms with Crippen LogP contribution in [-0.4, -0.2) is 77.3 Å². The molecule has 0 saturated heterocycles. The Labute approximate surface area is 506 Å². The third-order valence-electron chi connectivity index (χ3n) is 14.7. The van der Waals surface area contributed by atoms with Crippen LogP contribution in [0.5, 0.6) is 0 Å². The van der Waals surface area contributed by atoms with Gasteiger partial charge in [-0.05, 0) is 111 Å². The Bertz CT molecular complexity index is 4150. The van der Waals surface area contributed by atoms with E-state index in [1.54, 1.807) is 70.9 Å². The van der Waals surface area contributed by atoms with Gasteiger partial charge in [0.25, 0.3) is 17.0 Å². The number of carbonyl (C=O) groups is 2. The number of rotatable bonds is 18. The van der Waals surface area contributed by atoms with E-state index in [0.29, 0.717) is 105 Å². The molecular weight excluding hydrogens is 1110 g/mol. The Hall–Kier alpha value is -11.6. The Morgan fingerprint density at radius 2 is 0.977 bits per heavy atom. The minimum absolute atomic E-state index is 0.0322. The summed E-state index contributed by atoms with van der Waals surface area (Å²) in [4.78, 5) is 83.3. The number of nitrogens with one attached hydrogen (secondary N) is 3. The number of hydrogen-bond donors (Lipinski definition) is 6. The molecule has 0 saturated carbocycles. The summed E-state index contributed by atoms with van der Waals surface area (Å²) >= 11 is 0. The third kappa shape index (κ3) is 12.9. The molecule has 0 bridgehead atoms. The standard InChI is InChI=1S/C33H32N8O3.C32H31N9O3/c1-5-25(37-29-24(18-34)20(2)36-33(35)39-29)30-38-26-12-9-13-27(28(26)31(42)41(30)23-10-7-6-8-11-23)40(3)19-21-14-16-22(17-15-21)32(43)44-4;1-4-24(36-28-23(17-33)19(2)35-32(34)38-28)29-37-25-11-8-12-26(27(25)31(43)41(29)22-9-6-5-7-10-22)40(3)18-20-13-15-21(16-14-20)30(42)39-44/h6-17,25H,5,19H2,1-4H3,(H3,35,36,37,39);5-16,24,44H,4,18H2,1-3H3,(H,39,42)(H3,34,35,36,38)/t25-;24-/m00/s1. The number of para-hydroxylation sites is 2. The number of aromatic nitrogens is 8. The van der Waals surface area contributed by atoms with Crippen molar-refractivity contribution in [3.63, 3.8) is 0 Å². The van der Waals surface area contributed by atoms with Gasteiger partial charge >= 0.3 is 5.97 Å². The molecule has 23 heteroatoms. The lowest BCUT2D eigenvalue weighted by atomic mass is 10.1. The summed E-state index contributed by atoms with van der Waals surface area (Å²) in [5.74, 6) is 0.553. The van der Waals surface area contributed by atoms with Crippen LogP contribution in [-0.2, 0) is 17.8 Å². The Morgan fingerprint density at radius 3 is 1.34 bits per heavy atom. The maximum atomic E-state index is 14.5. The van der Waals surface area contributed by atoms with Gasteiger partial charge in [-0.2, -0.15) is 20.5 Å². The van der Waals surface area contributed by atoms with Crippen LogP contribution < -0.4 is 48.5 Å². The van der Waals surface area contributed by atoms with Crippen LogP contribution in [0.4, 0.5) is 34.9 Å². The zero-order valence-corrected chi connectivity index (χ0v) is 49.3. The van der Waals surface area contributed by atoms with Crippen LogP contribution in [0.1, 0.15) is 105 Å². The molecule has 10 rings (SSSR count). The van der Waals surface area contributed by atoms with Gasteiger partial charge in [-0.1, -0.05) is 86.6 Å². The molecule has 2 atom stereocenters. The molecular formula is C65H63N17O6. The number of esters is 1. The highest BCUT2D eigenvalue weighted by atomic mass is 16.5. The zero-order chi connectivity index (χ0) is 62.8. The van der Waals surface area contributed by atoms with E-state index in [4.69, 9.17) is 31.4 Å². The Balaban J connectivity index is 0.000000209. The van der Waals surface area contributed by atoms with Crippen LogP contribution in [0.2, 0.25) is 0 Å². The van der Waals surface area contributed by atoms with Crippen molar-refractivity contribution in [2.45, 2.75) is 65.7 Å². The van der Waals surface area contributed by atoms with Crippen molar-refractivity contribution in [1.29, 1.82) is 10.5 Å². The van der Waals surface area contributed by atoms with E-state index >= 15 is 0 Å². The topological polar surface area (TPSA) is 327 Å². The average molecular weight is 1180 g/mol. The molecule has 0 aliphatic carbocycles. The number of nitriles is 2. The van der Waals surface area contributed by atoms with Crippen LogP contribution in [0, 0.1) is 36.5 Å². The third-order valence-corrected chi connectivity index (χ3v) is 14.7. The molecule has 0 fully saturated rings. The number of carbonyl (C=O) groups excluding carboxylic acids is 2. The van der Waals surface area contributed by atoms with Crippen molar-refractivity contribution in [3.8, 4) is 23.5 Å². The molecule has 4 heterocycles. The first-order chi connectivity index (χ1) is 42.5. The summed E-state index contributed by atoms with van der Waals surface area (Å²) in [5, 5.41) is 36.0. The first-order valence-electron chi connectivity index (χ1n) is 28.0. The number of methoxy groups -OCH3 is 1. The summed E-state index contributed by atoms with van der Waals surface area (Å²) in [6.07, 6.45) is 1.04. The van der Waals surface area contributed by atoms with Gasteiger partial charge in [0.15, 0.2) is 0 Å². The summed E-state index contributed by atoms with van der Waals surface area (Å²) < 4.78 is 8.00. The van der Waals surface area contributed by atoms with Gasteiger partial charge in [-0.25, -0.2) is 30.2 Å². The number of ether oxygens (including phenoxy) is 1. The largest absolute Gasteiger partial charge is 0.465 e. The molecule has 4 aromatic heterocycles. The SMILES string of the molecule is CC[C@H](Nc1nc(N)nc(C)c1C#N)c1nc2cccc(N(C)Cc3ccc(C(=O)NO)cc3)c2c(=O)n1-c1ccccc1.CC[C@H](Nc1nc(N)nc(C)c1C#N)c1nc2cccc(N(C)Cc3ccc(C(=O)OC)cc3)c2c(=O)n1-c1ccccc1. The van der Waals surface area contributed by atoms with Gasteiger partial charge in [0.05, 0.1) is 80.7 Å². The van der Waals surface area contributed by atoms with Crippen molar-refractivity contribution in [3.05, 3.63) is 223 Å².